The van der Waals surface area contributed by atoms with Crippen molar-refractivity contribution in [1.82, 2.24) is 24.6 Å². The van der Waals surface area contributed by atoms with Crippen molar-refractivity contribution >= 4 is 23.6 Å². The molecule has 2 aromatic heterocycles. The zero-order valence-electron chi connectivity index (χ0n) is 16.3. The van der Waals surface area contributed by atoms with Gasteiger partial charge in [0.1, 0.15) is 11.6 Å². The van der Waals surface area contributed by atoms with Crippen LogP contribution in [0.4, 0.5) is 22.4 Å². The number of piperazine rings is 1. The minimum absolute atomic E-state index is 0.0735. The largest absolute Gasteiger partial charge is 0.368 e. The van der Waals surface area contributed by atoms with Gasteiger partial charge in [0.2, 0.25) is 5.95 Å². The zero-order chi connectivity index (χ0) is 19.5. The Hall–Kier alpha value is -2.84. The highest BCUT2D eigenvalue weighted by molar-refractivity contribution is 5.88. The van der Waals surface area contributed by atoms with Crippen LogP contribution in [0.15, 0.2) is 18.3 Å². The third kappa shape index (κ3) is 4.02. The smallest absolute Gasteiger partial charge is 0.323 e. The fourth-order valence-corrected chi connectivity index (χ4v) is 4.09. The monoisotopic (exact) mass is 384 g/mol. The van der Waals surface area contributed by atoms with Gasteiger partial charge >= 0.3 is 6.03 Å². The number of rotatable bonds is 3. The standard InChI is InChI=1S/C19H28N8O/c1-14-13-17(23-18(20)22-14)25-9-11-26(12-10-25)19(28)24-16-7-8-21-27(16)15-5-3-2-4-6-15/h7-8,13,15H,2-6,9-12H2,1H3,(H,24,28)(H2,20,22,23). The minimum Gasteiger partial charge on any atom is -0.368 e. The number of aromatic nitrogens is 4. The molecule has 0 spiro atoms. The van der Waals surface area contributed by atoms with Gasteiger partial charge in [0, 0.05) is 44.0 Å². The summed E-state index contributed by atoms with van der Waals surface area (Å²) in [5, 5.41) is 7.51. The normalized spacial score (nSPS) is 18.3. The Kier molecular flexibility index (Phi) is 5.31. The van der Waals surface area contributed by atoms with Crippen LogP contribution in [0.5, 0.6) is 0 Å². The maximum Gasteiger partial charge on any atom is 0.323 e. The molecule has 1 aliphatic carbocycles. The van der Waals surface area contributed by atoms with E-state index in [1.54, 1.807) is 6.20 Å². The molecular formula is C19H28N8O. The number of anilines is 3. The summed E-state index contributed by atoms with van der Waals surface area (Å²) in [5.41, 5.74) is 6.61. The molecule has 4 rings (SSSR count). The van der Waals surface area contributed by atoms with Gasteiger partial charge in [-0.15, -0.1) is 0 Å². The second kappa shape index (κ2) is 8.04. The van der Waals surface area contributed by atoms with Crippen molar-refractivity contribution in [1.29, 1.82) is 0 Å². The first-order valence-electron chi connectivity index (χ1n) is 10.1. The van der Waals surface area contributed by atoms with Crippen LogP contribution in [0, 0.1) is 6.92 Å². The van der Waals surface area contributed by atoms with Gasteiger partial charge in [-0.25, -0.2) is 14.5 Å². The molecule has 9 heteroatoms. The number of nitrogens with one attached hydrogen (secondary N) is 1. The molecule has 0 aromatic carbocycles. The molecule has 0 radical (unpaired) electrons. The molecule has 0 bridgehead atoms. The lowest BCUT2D eigenvalue weighted by molar-refractivity contribution is 0.207. The van der Waals surface area contributed by atoms with Crippen molar-refractivity contribution in [2.24, 2.45) is 0 Å². The summed E-state index contributed by atoms with van der Waals surface area (Å²) in [5.74, 6) is 1.89. The molecule has 3 N–H and O–H groups in total. The lowest BCUT2D eigenvalue weighted by atomic mass is 9.96. The molecule has 1 aliphatic heterocycles. The fourth-order valence-electron chi connectivity index (χ4n) is 4.09. The highest BCUT2D eigenvalue weighted by atomic mass is 16.2. The molecular weight excluding hydrogens is 356 g/mol. The number of aryl methyl sites for hydroxylation is 1. The van der Waals surface area contributed by atoms with E-state index in [0.29, 0.717) is 32.2 Å². The first-order chi connectivity index (χ1) is 13.6. The summed E-state index contributed by atoms with van der Waals surface area (Å²) in [4.78, 5) is 25.2. The van der Waals surface area contributed by atoms with Crippen molar-refractivity contribution in [3.8, 4) is 0 Å². The molecule has 1 saturated carbocycles. The van der Waals surface area contributed by atoms with Gasteiger partial charge < -0.3 is 15.5 Å². The number of nitrogens with two attached hydrogens (primary N) is 1. The number of nitrogen functional groups attached to an aromatic ring is 1. The topological polar surface area (TPSA) is 105 Å². The third-order valence-corrected chi connectivity index (χ3v) is 5.57. The van der Waals surface area contributed by atoms with Gasteiger partial charge in [-0.1, -0.05) is 19.3 Å². The molecule has 2 amide bonds. The van der Waals surface area contributed by atoms with E-state index in [1.807, 2.05) is 28.6 Å². The molecule has 1 saturated heterocycles. The Morgan fingerprint density at radius 2 is 1.89 bits per heavy atom. The Bertz CT molecular complexity index is 801. The van der Waals surface area contributed by atoms with E-state index in [0.717, 1.165) is 30.2 Å². The van der Waals surface area contributed by atoms with Gasteiger partial charge in [0.25, 0.3) is 0 Å². The Balaban J connectivity index is 1.35. The Labute approximate surface area is 164 Å². The average Bonchev–Trinajstić information content (AvgIpc) is 3.16. The third-order valence-electron chi connectivity index (χ3n) is 5.57. The number of urea groups is 1. The molecule has 0 unspecified atom stereocenters. The number of hydrogen-bond acceptors (Lipinski definition) is 6. The minimum atomic E-state index is -0.0735. The van der Waals surface area contributed by atoms with E-state index in [2.05, 4.69) is 25.3 Å². The van der Waals surface area contributed by atoms with E-state index in [-0.39, 0.29) is 12.0 Å². The molecule has 0 atom stereocenters. The van der Waals surface area contributed by atoms with Crippen molar-refractivity contribution < 1.29 is 4.79 Å². The van der Waals surface area contributed by atoms with Crippen molar-refractivity contribution in [2.45, 2.75) is 45.1 Å². The lowest BCUT2D eigenvalue weighted by Crippen LogP contribution is -2.50. The second-order valence-corrected chi connectivity index (χ2v) is 7.58. The summed E-state index contributed by atoms with van der Waals surface area (Å²) >= 11 is 0. The average molecular weight is 384 g/mol. The number of carbonyl (C=O) groups is 1. The number of hydrogen-bond donors (Lipinski definition) is 2. The molecule has 9 nitrogen and oxygen atoms in total. The van der Waals surface area contributed by atoms with Gasteiger partial charge in [-0.2, -0.15) is 10.1 Å². The van der Waals surface area contributed by atoms with Crippen LogP contribution in [0.1, 0.15) is 43.8 Å². The number of carbonyl (C=O) groups excluding carboxylic acids is 1. The SMILES string of the molecule is Cc1cc(N2CCN(C(=O)Nc3ccnn3C3CCCCC3)CC2)nc(N)n1. The van der Waals surface area contributed by atoms with Crippen LogP contribution >= 0.6 is 0 Å². The quantitative estimate of drug-likeness (QED) is 0.842. The Morgan fingerprint density at radius 1 is 1.14 bits per heavy atom. The van der Waals surface area contributed by atoms with Gasteiger partial charge in [-0.3, -0.25) is 5.32 Å². The second-order valence-electron chi connectivity index (χ2n) is 7.58. The van der Waals surface area contributed by atoms with E-state index in [4.69, 9.17) is 5.73 Å². The first-order valence-corrected chi connectivity index (χ1v) is 10.1. The molecule has 2 fully saturated rings. The summed E-state index contributed by atoms with van der Waals surface area (Å²) in [6, 6.07) is 4.13. The van der Waals surface area contributed by atoms with Crippen LogP contribution in [-0.4, -0.2) is 56.9 Å². The summed E-state index contributed by atoms with van der Waals surface area (Å²) in [6.45, 7) is 4.59. The lowest BCUT2D eigenvalue weighted by Gasteiger charge is -2.35. The van der Waals surface area contributed by atoms with Crippen LogP contribution in [0.2, 0.25) is 0 Å². The van der Waals surface area contributed by atoms with Gasteiger partial charge in [0.05, 0.1) is 12.2 Å². The van der Waals surface area contributed by atoms with Crippen LogP contribution in [0.3, 0.4) is 0 Å². The van der Waals surface area contributed by atoms with E-state index < -0.39 is 0 Å². The highest BCUT2D eigenvalue weighted by Crippen LogP contribution is 2.30. The van der Waals surface area contributed by atoms with Crippen LogP contribution in [-0.2, 0) is 0 Å². The first kappa shape index (κ1) is 18.5. The van der Waals surface area contributed by atoms with E-state index >= 15 is 0 Å². The number of nitrogens with zero attached hydrogens (tertiary/aromatic N) is 6. The Morgan fingerprint density at radius 3 is 2.61 bits per heavy atom. The van der Waals surface area contributed by atoms with Crippen molar-refractivity contribution in [3.05, 3.63) is 24.0 Å². The van der Waals surface area contributed by atoms with Gasteiger partial charge in [-0.05, 0) is 19.8 Å². The van der Waals surface area contributed by atoms with Gasteiger partial charge in [0.15, 0.2) is 0 Å². The fraction of sp³-hybridized carbons (Fsp3) is 0.579. The number of amides is 2. The summed E-state index contributed by atoms with van der Waals surface area (Å²) in [6.07, 6.45) is 7.78. The highest BCUT2D eigenvalue weighted by Gasteiger charge is 2.24. The van der Waals surface area contributed by atoms with Crippen LogP contribution in [0.25, 0.3) is 0 Å². The van der Waals surface area contributed by atoms with E-state index in [1.165, 1.54) is 19.3 Å². The molecule has 3 heterocycles. The van der Waals surface area contributed by atoms with Crippen molar-refractivity contribution in [3.63, 3.8) is 0 Å². The maximum atomic E-state index is 12.8. The van der Waals surface area contributed by atoms with Crippen LogP contribution < -0.4 is 16.0 Å². The zero-order valence-corrected chi connectivity index (χ0v) is 16.3. The molecule has 28 heavy (non-hydrogen) atoms. The predicted molar refractivity (Wildman–Crippen MR) is 108 cm³/mol. The predicted octanol–water partition coefficient (Wildman–Crippen LogP) is 2.42. The molecule has 2 aliphatic rings. The van der Waals surface area contributed by atoms with Crippen molar-refractivity contribution in [2.75, 3.05) is 42.1 Å². The molecule has 150 valence electrons. The summed E-state index contributed by atoms with van der Waals surface area (Å²) < 4.78 is 1.99. The van der Waals surface area contributed by atoms with E-state index in [9.17, 15) is 4.79 Å². The maximum absolute atomic E-state index is 12.8. The summed E-state index contributed by atoms with van der Waals surface area (Å²) in [7, 11) is 0. The molecule has 2 aromatic rings.